The molecule has 6 aromatic rings. The van der Waals surface area contributed by atoms with Crippen LogP contribution in [-0.4, -0.2) is 6.71 Å². The Kier molecular flexibility index (Phi) is 6.32. The first-order valence-electron chi connectivity index (χ1n) is 16.6. The lowest BCUT2D eigenvalue weighted by Crippen LogP contribution is -2.61. The molecule has 46 heavy (non-hydrogen) atoms. The topological polar surface area (TPSA) is 6.48 Å². The Labute approximate surface area is 274 Å². The fraction of sp³-hybridized carbons (Fsp3) is 0.209. The summed E-state index contributed by atoms with van der Waals surface area (Å²) in [7, 11) is 0. The van der Waals surface area contributed by atoms with Gasteiger partial charge >= 0.3 is 0 Å². The van der Waals surface area contributed by atoms with Crippen molar-refractivity contribution in [3.05, 3.63) is 138 Å². The highest BCUT2D eigenvalue weighted by molar-refractivity contribution is 7.00. The molecule has 2 aliphatic rings. The van der Waals surface area contributed by atoms with E-state index in [9.17, 15) is 0 Å². The Morgan fingerprint density at radius 2 is 1.02 bits per heavy atom. The van der Waals surface area contributed by atoms with Gasteiger partial charge in [-0.3, -0.25) is 0 Å². The van der Waals surface area contributed by atoms with Crippen LogP contribution in [0.3, 0.4) is 0 Å². The quantitative estimate of drug-likeness (QED) is 0.183. The predicted molar refractivity (Wildman–Crippen MR) is 200 cm³/mol. The highest BCUT2D eigenvalue weighted by Crippen LogP contribution is 2.45. The Hall–Kier alpha value is -4.76. The number of benzene rings is 6. The first-order valence-corrected chi connectivity index (χ1v) is 16.6. The molecule has 8 rings (SSSR count). The molecule has 0 aromatic heterocycles. The van der Waals surface area contributed by atoms with Crippen LogP contribution in [0.5, 0.6) is 0 Å². The summed E-state index contributed by atoms with van der Waals surface area (Å²) in [6.07, 6.45) is 0. The van der Waals surface area contributed by atoms with E-state index in [1.54, 1.807) is 0 Å². The number of fused-ring (bicyclic) bond motifs is 5. The highest BCUT2D eigenvalue weighted by atomic mass is 15.2. The third-order valence-corrected chi connectivity index (χ3v) is 9.97. The Morgan fingerprint density at radius 1 is 0.457 bits per heavy atom. The van der Waals surface area contributed by atoms with E-state index in [0.29, 0.717) is 0 Å². The molecular formula is C43H41BN2. The molecule has 6 aromatic carbocycles. The molecule has 0 bridgehead atoms. The monoisotopic (exact) mass is 596 g/mol. The molecule has 2 nitrogen and oxygen atoms in total. The van der Waals surface area contributed by atoms with Gasteiger partial charge in [0.15, 0.2) is 0 Å². The molecular weight excluding hydrogens is 555 g/mol. The summed E-state index contributed by atoms with van der Waals surface area (Å²) in [4.78, 5) is 5.02. The average molecular weight is 597 g/mol. The van der Waals surface area contributed by atoms with E-state index >= 15 is 0 Å². The van der Waals surface area contributed by atoms with Gasteiger partial charge in [0.25, 0.3) is 6.71 Å². The molecule has 0 atom stereocenters. The van der Waals surface area contributed by atoms with Gasteiger partial charge in [0.1, 0.15) is 0 Å². The molecule has 0 saturated carbocycles. The molecule has 0 saturated heterocycles. The molecule has 0 fully saturated rings. The normalized spacial score (nSPS) is 13.8. The number of nitrogens with zero attached hydrogens (tertiary/aromatic N) is 2. The maximum atomic E-state index is 2.52. The molecule has 0 amide bonds. The second-order valence-electron chi connectivity index (χ2n) is 15.2. The second kappa shape index (κ2) is 10.1. The van der Waals surface area contributed by atoms with E-state index < -0.39 is 0 Å². The first-order chi connectivity index (χ1) is 22.0. The number of hydrogen-bond donors (Lipinski definition) is 0. The van der Waals surface area contributed by atoms with Crippen LogP contribution in [-0.2, 0) is 10.8 Å². The number of rotatable bonds is 2. The lowest BCUT2D eigenvalue weighted by molar-refractivity contribution is 0.590. The minimum absolute atomic E-state index is 0.0376. The van der Waals surface area contributed by atoms with E-state index in [1.165, 1.54) is 78.0 Å². The van der Waals surface area contributed by atoms with Gasteiger partial charge in [-0.2, -0.15) is 0 Å². The summed E-state index contributed by atoms with van der Waals surface area (Å²) in [5.74, 6) is 0. The van der Waals surface area contributed by atoms with Crippen LogP contribution < -0.4 is 26.2 Å². The summed E-state index contributed by atoms with van der Waals surface area (Å²) in [6, 6.07) is 45.9. The van der Waals surface area contributed by atoms with Crippen molar-refractivity contribution in [1.29, 1.82) is 0 Å². The van der Waals surface area contributed by atoms with Crippen LogP contribution >= 0.6 is 0 Å². The zero-order valence-corrected chi connectivity index (χ0v) is 28.0. The summed E-state index contributed by atoms with van der Waals surface area (Å²) in [5.41, 5.74) is 15.6. The SMILES string of the molecule is Cc1cc2c3c(c1)N(c1ccc(C(C)(C)C)cc1)c1ccc(C(C)(C)C)cc1B3c1ccccc1N2c1ccc2ccccc2c1. The third-order valence-electron chi connectivity index (χ3n) is 9.97. The van der Waals surface area contributed by atoms with Crippen LogP contribution in [0.2, 0.25) is 0 Å². The third kappa shape index (κ3) is 4.48. The van der Waals surface area contributed by atoms with Gasteiger partial charge in [-0.1, -0.05) is 114 Å². The van der Waals surface area contributed by atoms with Crippen molar-refractivity contribution in [1.82, 2.24) is 0 Å². The van der Waals surface area contributed by atoms with Gasteiger partial charge in [0.2, 0.25) is 0 Å². The molecule has 2 aliphatic heterocycles. The largest absolute Gasteiger partial charge is 0.311 e. The summed E-state index contributed by atoms with van der Waals surface area (Å²) in [6.45, 7) is 16.2. The van der Waals surface area contributed by atoms with Gasteiger partial charge in [0, 0.05) is 34.1 Å². The number of aryl methyl sites for hydroxylation is 1. The van der Waals surface area contributed by atoms with Gasteiger partial charge in [-0.25, -0.2) is 0 Å². The van der Waals surface area contributed by atoms with Crippen LogP contribution in [0.1, 0.15) is 58.2 Å². The smallest absolute Gasteiger partial charge is 0.252 e. The number of para-hydroxylation sites is 1. The summed E-state index contributed by atoms with van der Waals surface area (Å²) < 4.78 is 0. The van der Waals surface area contributed by atoms with E-state index in [0.717, 1.165) is 0 Å². The van der Waals surface area contributed by atoms with Crippen LogP contribution in [0.4, 0.5) is 34.1 Å². The van der Waals surface area contributed by atoms with Crippen LogP contribution in [0, 0.1) is 6.92 Å². The van der Waals surface area contributed by atoms with E-state index in [4.69, 9.17) is 0 Å². The zero-order valence-electron chi connectivity index (χ0n) is 28.0. The van der Waals surface area contributed by atoms with Gasteiger partial charge in [-0.15, -0.1) is 0 Å². The lowest BCUT2D eigenvalue weighted by atomic mass is 9.33. The number of hydrogen-bond acceptors (Lipinski definition) is 2. The molecule has 0 radical (unpaired) electrons. The molecule has 3 heteroatoms. The predicted octanol–water partition coefficient (Wildman–Crippen LogP) is 9.83. The van der Waals surface area contributed by atoms with Crippen molar-refractivity contribution in [3.8, 4) is 0 Å². The standard InChI is InChI=1S/C43H41BN2/c1-28-24-39-41-40(25-28)46(34-20-16-29-12-8-9-13-30(29)26-34)37-15-11-10-14-35(37)44(41)36-27-32(43(5,6)7)19-23-38(36)45(39)33-21-17-31(18-22-33)42(2,3)4/h8-27H,1-7H3. The fourth-order valence-electron chi connectivity index (χ4n) is 7.54. The van der Waals surface area contributed by atoms with Crippen molar-refractivity contribution in [3.63, 3.8) is 0 Å². The molecule has 226 valence electrons. The van der Waals surface area contributed by atoms with Crippen molar-refractivity contribution in [2.24, 2.45) is 0 Å². The minimum atomic E-state index is 0.0376. The van der Waals surface area contributed by atoms with Gasteiger partial charge in [-0.05, 0) is 110 Å². The van der Waals surface area contributed by atoms with Gasteiger partial charge < -0.3 is 9.80 Å². The zero-order chi connectivity index (χ0) is 32.0. The fourth-order valence-corrected chi connectivity index (χ4v) is 7.54. The van der Waals surface area contributed by atoms with Crippen molar-refractivity contribution < 1.29 is 0 Å². The van der Waals surface area contributed by atoms with Crippen LogP contribution in [0.25, 0.3) is 10.8 Å². The van der Waals surface area contributed by atoms with Crippen molar-refractivity contribution in [2.45, 2.75) is 59.3 Å². The maximum absolute atomic E-state index is 2.52. The summed E-state index contributed by atoms with van der Waals surface area (Å²) >= 11 is 0. The molecule has 0 aliphatic carbocycles. The first kappa shape index (κ1) is 28.7. The maximum Gasteiger partial charge on any atom is 0.252 e. The second-order valence-corrected chi connectivity index (χ2v) is 15.2. The Morgan fingerprint density at radius 3 is 1.72 bits per heavy atom. The minimum Gasteiger partial charge on any atom is -0.311 e. The van der Waals surface area contributed by atoms with E-state index in [1.807, 2.05) is 0 Å². The summed E-state index contributed by atoms with van der Waals surface area (Å²) in [5, 5.41) is 2.51. The Bertz CT molecular complexity index is 2150. The van der Waals surface area contributed by atoms with Gasteiger partial charge in [0.05, 0.1) is 0 Å². The Balaban J connectivity index is 1.44. The van der Waals surface area contributed by atoms with Crippen LogP contribution in [0.15, 0.2) is 121 Å². The van der Waals surface area contributed by atoms with Crippen molar-refractivity contribution >= 4 is 68.0 Å². The van der Waals surface area contributed by atoms with E-state index in [2.05, 4.69) is 180 Å². The molecule has 2 heterocycles. The van der Waals surface area contributed by atoms with Crippen molar-refractivity contribution in [2.75, 3.05) is 9.80 Å². The van der Waals surface area contributed by atoms with E-state index in [-0.39, 0.29) is 17.5 Å². The molecule has 0 spiro atoms. The number of anilines is 6. The molecule has 0 N–H and O–H groups in total. The highest BCUT2D eigenvalue weighted by Gasteiger charge is 2.43. The molecule has 0 unspecified atom stereocenters. The average Bonchev–Trinajstić information content (AvgIpc) is 3.03. The lowest BCUT2D eigenvalue weighted by Gasteiger charge is -2.44.